The van der Waals surface area contributed by atoms with E-state index in [2.05, 4.69) is 15.6 Å². The van der Waals surface area contributed by atoms with Gasteiger partial charge < -0.3 is 19.8 Å². The van der Waals surface area contributed by atoms with Crippen molar-refractivity contribution in [1.29, 1.82) is 0 Å². The third-order valence-electron chi connectivity index (χ3n) is 4.68. The molecule has 1 aromatic carbocycles. The van der Waals surface area contributed by atoms with E-state index in [0.29, 0.717) is 28.5 Å². The molecule has 0 spiro atoms. The number of nitrogens with one attached hydrogen (secondary N) is 2. The Morgan fingerprint density at radius 1 is 1.26 bits per heavy atom. The highest BCUT2D eigenvalue weighted by atomic mass is 32.2. The largest absolute Gasteiger partial charge is 0.464 e. The van der Waals surface area contributed by atoms with Crippen molar-refractivity contribution in [3.8, 4) is 5.69 Å². The Morgan fingerprint density at radius 3 is 2.77 bits per heavy atom. The van der Waals surface area contributed by atoms with Gasteiger partial charge in [0.25, 0.3) is 0 Å². The molecule has 160 valence electrons. The molecule has 8 nitrogen and oxygen atoms in total. The van der Waals surface area contributed by atoms with Gasteiger partial charge in [-0.15, -0.1) is 0 Å². The van der Waals surface area contributed by atoms with Gasteiger partial charge >= 0.3 is 12.0 Å². The van der Waals surface area contributed by atoms with Crippen LogP contribution >= 0.6 is 11.8 Å². The first kappa shape index (κ1) is 20.8. The number of para-hydroxylation sites is 1. The number of ether oxygens (including phenoxy) is 1. The Labute approximate surface area is 183 Å². The van der Waals surface area contributed by atoms with Crippen molar-refractivity contribution in [3.05, 3.63) is 77.6 Å². The molecule has 1 aliphatic heterocycles. The highest BCUT2D eigenvalue weighted by Crippen LogP contribution is 2.31. The van der Waals surface area contributed by atoms with Gasteiger partial charge in [0.1, 0.15) is 17.6 Å². The van der Waals surface area contributed by atoms with Gasteiger partial charge in [-0.2, -0.15) is 0 Å². The lowest BCUT2D eigenvalue weighted by Crippen LogP contribution is -2.46. The van der Waals surface area contributed by atoms with Crippen molar-refractivity contribution in [3.63, 3.8) is 0 Å². The van der Waals surface area contributed by atoms with Gasteiger partial charge in [-0.05, 0) is 38.1 Å². The van der Waals surface area contributed by atoms with E-state index in [-0.39, 0.29) is 6.61 Å². The number of carbonyl (C=O) groups excluding carboxylic acids is 2. The molecule has 2 amide bonds. The number of aromatic nitrogens is 2. The summed E-state index contributed by atoms with van der Waals surface area (Å²) in [5.41, 5.74) is 1.76. The molecule has 2 aromatic heterocycles. The van der Waals surface area contributed by atoms with Gasteiger partial charge in [-0.1, -0.05) is 30.0 Å². The van der Waals surface area contributed by atoms with Gasteiger partial charge in [0.15, 0.2) is 5.16 Å². The third kappa shape index (κ3) is 4.51. The second-order valence-electron chi connectivity index (χ2n) is 6.80. The highest BCUT2D eigenvalue weighted by Gasteiger charge is 2.35. The predicted molar refractivity (Wildman–Crippen MR) is 116 cm³/mol. The summed E-state index contributed by atoms with van der Waals surface area (Å²) in [4.78, 5) is 29.6. The van der Waals surface area contributed by atoms with Crippen LogP contribution in [0, 0.1) is 6.92 Å². The Bertz CT molecular complexity index is 1120. The van der Waals surface area contributed by atoms with Crippen LogP contribution in [0.15, 0.2) is 75.7 Å². The van der Waals surface area contributed by atoms with Crippen LogP contribution < -0.4 is 10.6 Å². The van der Waals surface area contributed by atoms with Gasteiger partial charge in [-0.3, -0.25) is 4.57 Å². The number of urea groups is 1. The van der Waals surface area contributed by atoms with E-state index in [4.69, 9.17) is 9.15 Å². The quantitative estimate of drug-likeness (QED) is 0.431. The molecule has 1 aliphatic rings. The maximum atomic E-state index is 12.8. The van der Waals surface area contributed by atoms with Gasteiger partial charge in [0.2, 0.25) is 0 Å². The van der Waals surface area contributed by atoms with E-state index in [1.807, 2.05) is 41.1 Å². The molecular formula is C22H22N4O4S. The Balaban J connectivity index is 1.66. The normalized spacial score (nSPS) is 16.1. The van der Waals surface area contributed by atoms with Crippen LogP contribution in [0.2, 0.25) is 0 Å². The molecule has 0 fully saturated rings. The number of aryl methyl sites for hydroxylation is 1. The van der Waals surface area contributed by atoms with Crippen molar-refractivity contribution in [1.82, 2.24) is 20.2 Å². The molecule has 1 atom stereocenters. The number of hydrogen-bond acceptors (Lipinski definition) is 6. The lowest BCUT2D eigenvalue weighted by Gasteiger charge is -2.27. The van der Waals surface area contributed by atoms with Crippen molar-refractivity contribution < 1.29 is 18.7 Å². The number of amides is 2. The van der Waals surface area contributed by atoms with E-state index >= 15 is 0 Å². The fourth-order valence-electron chi connectivity index (χ4n) is 3.32. The zero-order valence-corrected chi connectivity index (χ0v) is 17.9. The van der Waals surface area contributed by atoms with Crippen LogP contribution in [-0.2, 0) is 9.53 Å². The molecule has 0 radical (unpaired) electrons. The number of furan rings is 1. The Morgan fingerprint density at radius 2 is 2.06 bits per heavy atom. The van der Waals surface area contributed by atoms with Crippen molar-refractivity contribution in [2.45, 2.75) is 25.0 Å². The molecule has 2 N–H and O–H groups in total. The molecule has 0 unspecified atom stereocenters. The number of nitrogens with zero attached hydrogens (tertiary/aromatic N) is 2. The number of esters is 1. The summed E-state index contributed by atoms with van der Waals surface area (Å²) in [6, 6.07) is 12.2. The van der Waals surface area contributed by atoms with Gasteiger partial charge in [0.05, 0.1) is 12.2 Å². The summed E-state index contributed by atoms with van der Waals surface area (Å²) in [6.07, 6.45) is 3.58. The van der Waals surface area contributed by atoms with Crippen molar-refractivity contribution in [2.75, 3.05) is 12.4 Å². The van der Waals surface area contributed by atoms with Crippen LogP contribution in [0.4, 0.5) is 4.79 Å². The molecule has 3 aromatic rings. The lowest BCUT2D eigenvalue weighted by molar-refractivity contribution is -0.139. The van der Waals surface area contributed by atoms with Gasteiger partial charge in [0, 0.05) is 29.5 Å². The van der Waals surface area contributed by atoms with Crippen molar-refractivity contribution in [2.24, 2.45) is 0 Å². The average molecular weight is 439 g/mol. The Hall–Kier alpha value is -3.46. The SMILES string of the molecule is CCOC(=O)C1=C(CSc2nccn2-c2ccccc2)NC(=O)N[C@@H]1c1ccc(C)o1. The van der Waals surface area contributed by atoms with Gasteiger partial charge in [-0.25, -0.2) is 14.6 Å². The van der Waals surface area contributed by atoms with E-state index in [1.54, 1.807) is 32.2 Å². The topological polar surface area (TPSA) is 98.4 Å². The number of hydrogen-bond donors (Lipinski definition) is 2. The van der Waals surface area contributed by atoms with E-state index < -0.39 is 18.0 Å². The summed E-state index contributed by atoms with van der Waals surface area (Å²) < 4.78 is 12.9. The zero-order chi connectivity index (χ0) is 21.8. The first-order valence-electron chi connectivity index (χ1n) is 9.82. The minimum Gasteiger partial charge on any atom is -0.464 e. The fourth-order valence-corrected chi connectivity index (χ4v) is 4.26. The van der Waals surface area contributed by atoms with Crippen LogP contribution in [0.1, 0.15) is 24.5 Å². The smallest absolute Gasteiger partial charge is 0.338 e. The fraction of sp³-hybridized carbons (Fsp3) is 0.227. The number of imidazole rings is 1. The van der Waals surface area contributed by atoms with E-state index in [9.17, 15) is 9.59 Å². The molecule has 4 rings (SSSR count). The maximum absolute atomic E-state index is 12.8. The zero-order valence-electron chi connectivity index (χ0n) is 17.1. The first-order valence-corrected chi connectivity index (χ1v) is 10.8. The lowest BCUT2D eigenvalue weighted by atomic mass is 10.0. The summed E-state index contributed by atoms with van der Waals surface area (Å²) in [7, 11) is 0. The maximum Gasteiger partial charge on any atom is 0.338 e. The minimum absolute atomic E-state index is 0.221. The van der Waals surface area contributed by atoms with E-state index in [0.717, 1.165) is 10.8 Å². The second-order valence-corrected chi connectivity index (χ2v) is 7.74. The molecule has 3 heterocycles. The summed E-state index contributed by atoms with van der Waals surface area (Å²) in [5, 5.41) is 6.26. The monoisotopic (exact) mass is 438 g/mol. The predicted octanol–water partition coefficient (Wildman–Crippen LogP) is 3.74. The van der Waals surface area contributed by atoms with Crippen LogP contribution in [0.5, 0.6) is 0 Å². The minimum atomic E-state index is -0.731. The van der Waals surface area contributed by atoms with Crippen LogP contribution in [-0.4, -0.2) is 33.9 Å². The average Bonchev–Trinajstić information content (AvgIpc) is 3.41. The van der Waals surface area contributed by atoms with Crippen LogP contribution in [0.3, 0.4) is 0 Å². The molecule has 0 bridgehead atoms. The van der Waals surface area contributed by atoms with Crippen molar-refractivity contribution >= 4 is 23.8 Å². The molecular weight excluding hydrogens is 416 g/mol. The second kappa shape index (κ2) is 9.13. The van der Waals surface area contributed by atoms with E-state index in [1.165, 1.54) is 11.8 Å². The number of carbonyl (C=O) groups is 2. The third-order valence-corrected chi connectivity index (χ3v) is 5.67. The first-order chi connectivity index (χ1) is 15.1. The molecule has 9 heteroatoms. The number of thioether (sulfide) groups is 1. The molecule has 31 heavy (non-hydrogen) atoms. The highest BCUT2D eigenvalue weighted by molar-refractivity contribution is 7.99. The summed E-state index contributed by atoms with van der Waals surface area (Å²) >= 11 is 1.41. The molecule has 0 aliphatic carbocycles. The molecule has 0 saturated carbocycles. The number of rotatable bonds is 7. The standard InChI is InChI=1S/C22H22N4O4S/c1-3-29-20(27)18-16(24-21(28)25-19(18)17-10-9-14(2)30-17)13-31-22-23-11-12-26(22)15-7-5-4-6-8-15/h4-12,19H,3,13H2,1-2H3,(H2,24,25,28)/t19-/m1/s1. The number of benzene rings is 1. The summed E-state index contributed by atoms with van der Waals surface area (Å²) in [5.74, 6) is 0.980. The molecule has 0 saturated heterocycles. The van der Waals surface area contributed by atoms with Crippen LogP contribution in [0.25, 0.3) is 5.69 Å². The Kier molecular flexibility index (Phi) is 6.13. The summed E-state index contributed by atoms with van der Waals surface area (Å²) in [6.45, 7) is 3.77.